The number of hydrogen-bond acceptors (Lipinski definition) is 2. The molecule has 84 valence electrons. The van der Waals surface area contributed by atoms with Gasteiger partial charge in [-0.05, 0) is 31.6 Å². The Hall–Kier alpha value is -0.830. The highest BCUT2D eigenvalue weighted by Crippen LogP contribution is 2.35. The molecule has 2 N–H and O–H groups in total. The number of carbonyl (C=O) groups is 1. The summed E-state index contributed by atoms with van der Waals surface area (Å²) in [5.41, 5.74) is 5.74. The van der Waals surface area contributed by atoms with Crippen LogP contribution in [0.3, 0.4) is 0 Å². The molecule has 15 heavy (non-hydrogen) atoms. The molecule has 1 unspecified atom stereocenters. The summed E-state index contributed by atoms with van der Waals surface area (Å²) in [5, 5.41) is 0. The van der Waals surface area contributed by atoms with Gasteiger partial charge < -0.3 is 10.6 Å². The van der Waals surface area contributed by atoms with Crippen LogP contribution in [-0.4, -0.2) is 30.4 Å². The van der Waals surface area contributed by atoms with E-state index in [1.54, 1.807) is 0 Å². The average Bonchev–Trinajstić information content (AvgIpc) is 2.93. The lowest BCUT2D eigenvalue weighted by atomic mass is 10.0. The molecule has 1 saturated carbocycles. The van der Waals surface area contributed by atoms with Gasteiger partial charge in [-0.2, -0.15) is 0 Å². The number of hydrogen-bond donors (Lipinski definition) is 1. The van der Waals surface area contributed by atoms with Crippen molar-refractivity contribution in [3.8, 4) is 0 Å². The quantitative estimate of drug-likeness (QED) is 0.704. The topological polar surface area (TPSA) is 46.3 Å². The van der Waals surface area contributed by atoms with Crippen LogP contribution in [0.4, 0.5) is 0 Å². The molecule has 3 nitrogen and oxygen atoms in total. The zero-order valence-corrected chi connectivity index (χ0v) is 9.36. The maximum absolute atomic E-state index is 12.1. The van der Waals surface area contributed by atoms with E-state index in [2.05, 4.69) is 12.2 Å². The van der Waals surface area contributed by atoms with Gasteiger partial charge in [0.25, 0.3) is 0 Å². The summed E-state index contributed by atoms with van der Waals surface area (Å²) in [7, 11) is 1.91. The van der Waals surface area contributed by atoms with E-state index >= 15 is 0 Å². The van der Waals surface area contributed by atoms with E-state index in [0.29, 0.717) is 12.5 Å². The van der Waals surface area contributed by atoms with E-state index in [1.807, 2.05) is 11.9 Å². The Balaban J connectivity index is 1.92. The maximum Gasteiger partial charge on any atom is 0.226 e. The van der Waals surface area contributed by atoms with E-state index in [1.165, 1.54) is 12.8 Å². The van der Waals surface area contributed by atoms with Crippen molar-refractivity contribution < 1.29 is 4.79 Å². The van der Waals surface area contributed by atoms with Crippen LogP contribution in [0.1, 0.15) is 25.7 Å². The molecule has 2 aliphatic carbocycles. The first-order valence-electron chi connectivity index (χ1n) is 5.85. The second-order valence-corrected chi connectivity index (χ2v) is 4.73. The van der Waals surface area contributed by atoms with Crippen molar-refractivity contribution in [2.75, 3.05) is 13.6 Å². The number of nitrogens with two attached hydrogens (primary N) is 1. The fourth-order valence-electron chi connectivity index (χ4n) is 2.42. The molecular weight excluding hydrogens is 188 g/mol. The van der Waals surface area contributed by atoms with Crippen molar-refractivity contribution in [1.82, 2.24) is 4.90 Å². The van der Waals surface area contributed by atoms with E-state index in [4.69, 9.17) is 5.73 Å². The summed E-state index contributed by atoms with van der Waals surface area (Å²) in [6.07, 6.45) is 8.50. The summed E-state index contributed by atoms with van der Waals surface area (Å²) in [4.78, 5) is 14.0. The van der Waals surface area contributed by atoms with Crippen LogP contribution in [0, 0.1) is 11.8 Å². The third-order valence-corrected chi connectivity index (χ3v) is 3.61. The molecule has 0 aliphatic heterocycles. The molecule has 0 spiro atoms. The van der Waals surface area contributed by atoms with Crippen molar-refractivity contribution in [3.05, 3.63) is 12.2 Å². The molecule has 0 saturated heterocycles. The Labute approximate surface area is 91.3 Å². The number of carbonyl (C=O) groups excluding carboxylic acids is 1. The molecule has 0 heterocycles. The minimum atomic E-state index is 0.183. The lowest BCUT2D eigenvalue weighted by Gasteiger charge is -2.29. The second kappa shape index (κ2) is 4.35. The Morgan fingerprint density at radius 1 is 1.47 bits per heavy atom. The fourth-order valence-corrected chi connectivity index (χ4v) is 2.42. The van der Waals surface area contributed by atoms with Crippen LogP contribution >= 0.6 is 0 Å². The fraction of sp³-hybridized carbons (Fsp3) is 0.750. The second-order valence-electron chi connectivity index (χ2n) is 4.73. The van der Waals surface area contributed by atoms with Gasteiger partial charge in [-0.3, -0.25) is 4.79 Å². The van der Waals surface area contributed by atoms with Crippen molar-refractivity contribution in [2.45, 2.75) is 31.7 Å². The number of rotatable bonds is 4. The molecule has 0 aromatic carbocycles. The molecule has 2 aliphatic rings. The molecule has 1 atom stereocenters. The van der Waals surface area contributed by atoms with Gasteiger partial charge in [0.2, 0.25) is 5.91 Å². The molecule has 3 heteroatoms. The van der Waals surface area contributed by atoms with Gasteiger partial charge in [0, 0.05) is 25.6 Å². The van der Waals surface area contributed by atoms with E-state index < -0.39 is 0 Å². The monoisotopic (exact) mass is 208 g/mol. The van der Waals surface area contributed by atoms with Gasteiger partial charge in [-0.1, -0.05) is 12.2 Å². The van der Waals surface area contributed by atoms with E-state index in [0.717, 1.165) is 12.8 Å². The summed E-state index contributed by atoms with van der Waals surface area (Å²) in [6.45, 7) is 0.604. The zero-order valence-electron chi connectivity index (χ0n) is 9.36. The molecule has 0 radical (unpaired) electrons. The van der Waals surface area contributed by atoms with Crippen LogP contribution in [0.15, 0.2) is 12.2 Å². The first kappa shape index (κ1) is 10.7. The average molecular weight is 208 g/mol. The Morgan fingerprint density at radius 2 is 2.07 bits per heavy atom. The molecule has 0 bridgehead atoms. The predicted molar refractivity (Wildman–Crippen MR) is 60.2 cm³/mol. The normalized spacial score (nSPS) is 23.1. The minimum Gasteiger partial charge on any atom is -0.341 e. The van der Waals surface area contributed by atoms with Crippen LogP contribution in [0.5, 0.6) is 0 Å². The van der Waals surface area contributed by atoms with Crippen LogP contribution in [-0.2, 0) is 4.79 Å². The maximum atomic E-state index is 12.1. The molecule has 2 rings (SSSR count). The largest absolute Gasteiger partial charge is 0.341 e. The number of amides is 1. The number of nitrogens with zero attached hydrogens (tertiary/aromatic N) is 1. The molecule has 0 aromatic heterocycles. The minimum absolute atomic E-state index is 0.183. The predicted octanol–water partition coefficient (Wildman–Crippen LogP) is 1.15. The van der Waals surface area contributed by atoms with Crippen LogP contribution < -0.4 is 5.73 Å². The number of allylic oxidation sites excluding steroid dienone is 2. The summed E-state index contributed by atoms with van der Waals surface area (Å²) in [6, 6.07) is 0.276. The van der Waals surface area contributed by atoms with Crippen molar-refractivity contribution in [1.29, 1.82) is 0 Å². The third kappa shape index (κ3) is 2.23. The summed E-state index contributed by atoms with van der Waals surface area (Å²) in [5.74, 6) is 1.13. The van der Waals surface area contributed by atoms with E-state index in [9.17, 15) is 4.79 Å². The van der Waals surface area contributed by atoms with Gasteiger partial charge in [0.15, 0.2) is 0 Å². The lowest BCUT2D eigenvalue weighted by molar-refractivity contribution is -0.136. The highest BCUT2D eigenvalue weighted by atomic mass is 16.2. The zero-order chi connectivity index (χ0) is 10.8. The van der Waals surface area contributed by atoms with Crippen LogP contribution in [0.25, 0.3) is 0 Å². The molecular formula is C12H20N2O. The van der Waals surface area contributed by atoms with Crippen molar-refractivity contribution >= 4 is 5.91 Å². The standard InChI is InChI=1S/C12H20N2O/c1-14(11(8-13)9-6-7-9)12(15)10-4-2-3-5-10/h2-3,9-11H,4-8,13H2,1H3. The van der Waals surface area contributed by atoms with Gasteiger partial charge >= 0.3 is 0 Å². The van der Waals surface area contributed by atoms with Crippen molar-refractivity contribution in [3.63, 3.8) is 0 Å². The van der Waals surface area contributed by atoms with Gasteiger partial charge in [0.05, 0.1) is 0 Å². The first-order chi connectivity index (χ1) is 7.24. The van der Waals surface area contributed by atoms with Crippen molar-refractivity contribution in [2.24, 2.45) is 17.6 Å². The Kier molecular flexibility index (Phi) is 3.10. The number of likely N-dealkylation sites (N-methyl/N-ethyl adjacent to an activating group) is 1. The van der Waals surface area contributed by atoms with Gasteiger partial charge in [-0.25, -0.2) is 0 Å². The molecule has 1 fully saturated rings. The highest BCUT2D eigenvalue weighted by Gasteiger charge is 2.36. The van der Waals surface area contributed by atoms with E-state index in [-0.39, 0.29) is 17.9 Å². The smallest absolute Gasteiger partial charge is 0.226 e. The lowest BCUT2D eigenvalue weighted by Crippen LogP contribution is -2.45. The van der Waals surface area contributed by atoms with Gasteiger partial charge in [0.1, 0.15) is 0 Å². The van der Waals surface area contributed by atoms with Crippen LogP contribution in [0.2, 0.25) is 0 Å². The third-order valence-electron chi connectivity index (χ3n) is 3.61. The Morgan fingerprint density at radius 3 is 2.53 bits per heavy atom. The Bertz CT molecular complexity index is 263. The van der Waals surface area contributed by atoms with Gasteiger partial charge in [-0.15, -0.1) is 0 Å². The molecule has 0 aromatic rings. The molecule has 1 amide bonds. The SMILES string of the molecule is CN(C(=O)C1CC=CC1)C(CN)C1CC1. The summed E-state index contributed by atoms with van der Waals surface area (Å²) < 4.78 is 0. The highest BCUT2D eigenvalue weighted by molar-refractivity contribution is 5.79. The first-order valence-corrected chi connectivity index (χ1v) is 5.85. The summed E-state index contributed by atoms with van der Waals surface area (Å²) >= 11 is 0.